The second-order valence-corrected chi connectivity index (χ2v) is 9.78. The average molecular weight is 508 g/mol. The van der Waals surface area contributed by atoms with Gasteiger partial charge in [0, 0.05) is 23.5 Å². The lowest BCUT2D eigenvalue weighted by molar-refractivity contribution is -0.126. The summed E-state index contributed by atoms with van der Waals surface area (Å²) in [4.78, 5) is 25.2. The Labute approximate surface area is 212 Å². The highest BCUT2D eigenvalue weighted by molar-refractivity contribution is 7.80. The Kier molecular flexibility index (Phi) is 11.5. The Hall–Kier alpha value is -2.63. The lowest BCUT2D eigenvalue weighted by Crippen LogP contribution is -2.37. The first-order valence-electron chi connectivity index (χ1n) is 11.7. The zero-order chi connectivity index (χ0) is 25.8. The molecule has 0 saturated carbocycles. The van der Waals surface area contributed by atoms with Gasteiger partial charge in [-0.3, -0.25) is 4.79 Å². The van der Waals surface area contributed by atoms with Crippen molar-refractivity contribution in [2.75, 3.05) is 39.5 Å². The van der Waals surface area contributed by atoms with E-state index in [4.69, 9.17) is 14.2 Å². The van der Waals surface area contributed by atoms with Gasteiger partial charge in [-0.15, -0.1) is 17.7 Å². The van der Waals surface area contributed by atoms with Crippen LogP contribution in [0.3, 0.4) is 0 Å². The van der Waals surface area contributed by atoms with Gasteiger partial charge in [-0.05, 0) is 38.8 Å². The first-order chi connectivity index (χ1) is 16.6. The van der Waals surface area contributed by atoms with Gasteiger partial charge < -0.3 is 24.8 Å². The van der Waals surface area contributed by atoms with E-state index in [1.165, 1.54) is 0 Å². The van der Waals surface area contributed by atoms with Crippen molar-refractivity contribution in [1.29, 1.82) is 0 Å². The summed E-state index contributed by atoms with van der Waals surface area (Å²) in [6.45, 7) is 11.5. The fraction of sp³-hybridized carbons (Fsp3) is 0.583. The van der Waals surface area contributed by atoms with Crippen molar-refractivity contribution >= 4 is 24.6 Å². The van der Waals surface area contributed by atoms with Crippen LogP contribution in [0, 0.1) is 5.92 Å². The highest BCUT2D eigenvalue weighted by Crippen LogP contribution is 2.22. The third-order valence-electron chi connectivity index (χ3n) is 4.69. The molecule has 0 fully saturated rings. The molecule has 0 spiro atoms. The fourth-order valence-electron chi connectivity index (χ4n) is 3.12. The van der Waals surface area contributed by atoms with E-state index in [9.17, 15) is 9.59 Å². The van der Waals surface area contributed by atoms with Crippen LogP contribution in [0.25, 0.3) is 11.3 Å². The number of carbonyl (C=O) groups is 2. The Balaban J connectivity index is 1.64. The van der Waals surface area contributed by atoms with E-state index in [0.29, 0.717) is 45.2 Å². The highest BCUT2D eigenvalue weighted by atomic mass is 32.1. The van der Waals surface area contributed by atoms with Crippen LogP contribution in [-0.4, -0.2) is 72.1 Å². The van der Waals surface area contributed by atoms with Crippen molar-refractivity contribution in [3.63, 3.8) is 0 Å². The topological polar surface area (TPSA) is 117 Å². The molecule has 2 rings (SSSR count). The number of benzene rings is 1. The van der Waals surface area contributed by atoms with Crippen LogP contribution in [0.15, 0.2) is 35.4 Å². The SMILES string of the molecule is CC(C)[C@@H](C(=O)NCCOCCOCCNC(=O)OC(C)(C)C)n1cc(-c2ccc(S)cc2)nn1. The van der Waals surface area contributed by atoms with E-state index in [0.717, 1.165) is 10.5 Å². The quantitative estimate of drug-likeness (QED) is 0.282. The van der Waals surface area contributed by atoms with Crippen LogP contribution in [0.4, 0.5) is 4.79 Å². The van der Waals surface area contributed by atoms with Crippen molar-refractivity contribution in [2.45, 2.75) is 51.2 Å². The fourth-order valence-corrected chi connectivity index (χ4v) is 3.27. The van der Waals surface area contributed by atoms with Gasteiger partial charge in [0.1, 0.15) is 17.3 Å². The normalized spacial score (nSPS) is 12.4. The lowest BCUT2D eigenvalue weighted by Gasteiger charge is -2.20. The van der Waals surface area contributed by atoms with Gasteiger partial charge in [0.15, 0.2) is 0 Å². The molecule has 194 valence electrons. The largest absolute Gasteiger partial charge is 0.444 e. The van der Waals surface area contributed by atoms with Crippen molar-refractivity contribution in [3.8, 4) is 11.3 Å². The summed E-state index contributed by atoms with van der Waals surface area (Å²) in [5.74, 6) is -0.122. The molecule has 11 heteroatoms. The molecule has 0 aliphatic heterocycles. The number of aromatic nitrogens is 3. The lowest BCUT2D eigenvalue weighted by atomic mass is 10.0. The smallest absolute Gasteiger partial charge is 0.407 e. The number of alkyl carbamates (subject to hydrolysis) is 1. The summed E-state index contributed by atoms with van der Waals surface area (Å²) in [6, 6.07) is 7.12. The van der Waals surface area contributed by atoms with Gasteiger partial charge in [0.2, 0.25) is 5.91 Å². The molecule has 1 heterocycles. The van der Waals surface area contributed by atoms with Gasteiger partial charge in [0.25, 0.3) is 0 Å². The molecule has 2 N–H and O–H groups in total. The standard InChI is InChI=1S/C24H37N5O5S/c1-17(2)21(29-16-20(27-28-29)18-6-8-19(35)9-7-18)22(30)25-10-12-32-14-15-33-13-11-26-23(31)34-24(3,4)5/h6-9,16-17,21,35H,10-15H2,1-5H3,(H,25,30)(H,26,31)/t21-/m0/s1. The second-order valence-electron chi connectivity index (χ2n) is 9.26. The van der Waals surface area contributed by atoms with E-state index >= 15 is 0 Å². The van der Waals surface area contributed by atoms with E-state index in [-0.39, 0.29) is 11.8 Å². The zero-order valence-corrected chi connectivity index (χ0v) is 22.0. The molecule has 0 radical (unpaired) electrons. The van der Waals surface area contributed by atoms with Gasteiger partial charge >= 0.3 is 6.09 Å². The predicted octanol–water partition coefficient (Wildman–Crippen LogP) is 3.11. The third-order valence-corrected chi connectivity index (χ3v) is 4.99. The van der Waals surface area contributed by atoms with Crippen molar-refractivity contribution < 1.29 is 23.8 Å². The molecule has 1 atom stereocenters. The molecule has 10 nitrogen and oxygen atoms in total. The molecule has 0 bridgehead atoms. The van der Waals surface area contributed by atoms with Crippen LogP contribution in [0.1, 0.15) is 40.7 Å². The number of nitrogens with one attached hydrogen (secondary N) is 2. The molecular weight excluding hydrogens is 470 g/mol. The number of ether oxygens (including phenoxy) is 3. The van der Waals surface area contributed by atoms with Gasteiger partial charge in [0.05, 0.1) is 32.6 Å². The summed E-state index contributed by atoms with van der Waals surface area (Å²) in [5, 5.41) is 13.9. The maximum Gasteiger partial charge on any atom is 0.407 e. The van der Waals surface area contributed by atoms with Crippen molar-refractivity contribution in [3.05, 3.63) is 30.5 Å². The van der Waals surface area contributed by atoms with Crippen LogP contribution in [0.2, 0.25) is 0 Å². The molecule has 1 aromatic heterocycles. The summed E-state index contributed by atoms with van der Waals surface area (Å²) in [6.07, 6.45) is 1.31. The maximum absolute atomic E-state index is 12.8. The van der Waals surface area contributed by atoms with Crippen molar-refractivity contribution in [2.24, 2.45) is 5.92 Å². The minimum Gasteiger partial charge on any atom is -0.444 e. The van der Waals surface area contributed by atoms with Crippen LogP contribution < -0.4 is 10.6 Å². The summed E-state index contributed by atoms with van der Waals surface area (Å²) >= 11 is 4.30. The highest BCUT2D eigenvalue weighted by Gasteiger charge is 2.25. The first kappa shape index (κ1) is 28.6. The number of rotatable bonds is 13. The monoisotopic (exact) mass is 507 g/mol. The summed E-state index contributed by atoms with van der Waals surface area (Å²) < 4.78 is 17.7. The van der Waals surface area contributed by atoms with Crippen LogP contribution >= 0.6 is 12.6 Å². The van der Waals surface area contributed by atoms with Crippen LogP contribution in [-0.2, 0) is 19.0 Å². The van der Waals surface area contributed by atoms with E-state index in [1.54, 1.807) is 31.6 Å². The Bertz CT molecular complexity index is 927. The maximum atomic E-state index is 12.8. The molecule has 2 amide bonds. The average Bonchev–Trinajstić information content (AvgIpc) is 3.23. The minimum atomic E-state index is -0.527. The zero-order valence-electron chi connectivity index (χ0n) is 21.1. The molecule has 2 aromatic rings. The predicted molar refractivity (Wildman–Crippen MR) is 135 cm³/mol. The van der Waals surface area contributed by atoms with Gasteiger partial charge in [-0.25, -0.2) is 9.48 Å². The summed E-state index contributed by atoms with van der Waals surface area (Å²) in [7, 11) is 0. The molecule has 0 aliphatic carbocycles. The number of hydrogen-bond donors (Lipinski definition) is 3. The van der Waals surface area contributed by atoms with Gasteiger partial charge in [-0.1, -0.05) is 31.2 Å². The Morgan fingerprint density at radius 1 is 1.00 bits per heavy atom. The van der Waals surface area contributed by atoms with Crippen molar-refractivity contribution in [1.82, 2.24) is 25.6 Å². The minimum absolute atomic E-state index is 0.0213. The van der Waals surface area contributed by atoms with E-state index < -0.39 is 17.7 Å². The molecule has 0 aliphatic rings. The molecular formula is C24H37N5O5S. The second kappa shape index (κ2) is 14.1. The number of amides is 2. The number of hydrogen-bond acceptors (Lipinski definition) is 8. The molecule has 0 saturated heterocycles. The van der Waals surface area contributed by atoms with Gasteiger partial charge in [-0.2, -0.15) is 0 Å². The molecule has 0 unspecified atom stereocenters. The first-order valence-corrected chi connectivity index (χ1v) is 12.1. The Morgan fingerprint density at radius 3 is 2.17 bits per heavy atom. The molecule has 1 aromatic carbocycles. The molecule has 35 heavy (non-hydrogen) atoms. The third kappa shape index (κ3) is 10.7. The number of nitrogens with zero attached hydrogens (tertiary/aromatic N) is 3. The Morgan fingerprint density at radius 2 is 1.60 bits per heavy atom. The van der Waals surface area contributed by atoms with E-state index in [1.807, 2.05) is 38.1 Å². The number of carbonyl (C=O) groups excluding carboxylic acids is 2. The summed E-state index contributed by atoms with van der Waals surface area (Å²) in [5.41, 5.74) is 1.08. The van der Waals surface area contributed by atoms with E-state index in [2.05, 4.69) is 33.6 Å². The van der Waals surface area contributed by atoms with Crippen LogP contribution in [0.5, 0.6) is 0 Å². The number of thiol groups is 1.